The lowest BCUT2D eigenvalue weighted by Gasteiger charge is -2.09. The van der Waals surface area contributed by atoms with E-state index in [1.54, 1.807) is 17.8 Å². The van der Waals surface area contributed by atoms with Crippen LogP contribution in [0.5, 0.6) is 0 Å². The lowest BCUT2D eigenvalue weighted by Crippen LogP contribution is -2.27. The largest absolute Gasteiger partial charge is 0.448 e. The molecule has 33 heavy (non-hydrogen) atoms. The molecule has 1 N–H and O–H groups in total. The van der Waals surface area contributed by atoms with E-state index in [0.29, 0.717) is 16.8 Å². The summed E-state index contributed by atoms with van der Waals surface area (Å²) in [5.74, 6) is -0.315. The van der Waals surface area contributed by atoms with E-state index in [-0.39, 0.29) is 23.6 Å². The molecule has 164 valence electrons. The van der Waals surface area contributed by atoms with Gasteiger partial charge >= 0.3 is 0 Å². The molecule has 2 aromatic heterocycles. The minimum Gasteiger partial charge on any atom is -0.448 e. The molecule has 0 bridgehead atoms. The van der Waals surface area contributed by atoms with Crippen LogP contribution in [0.25, 0.3) is 22.1 Å². The zero-order valence-electron chi connectivity index (χ0n) is 18.2. The van der Waals surface area contributed by atoms with Crippen LogP contribution in [0.2, 0.25) is 0 Å². The summed E-state index contributed by atoms with van der Waals surface area (Å²) >= 11 is 1.69. The molecule has 0 unspecified atom stereocenters. The Hall–Kier alpha value is -3.84. The second-order valence-electron chi connectivity index (χ2n) is 7.90. The SMILES string of the molecule is Cc1ccc(C)c(Sc2ccc(NC(=O)Cn3cnc4c(oc5ccccc54)c3=O)cc2)c1. The number of aromatic nitrogens is 2. The first-order chi connectivity index (χ1) is 16.0. The van der Waals surface area contributed by atoms with Gasteiger partial charge in [-0.05, 0) is 67.4 Å². The molecule has 6 nitrogen and oxygen atoms in total. The first kappa shape index (κ1) is 21.0. The third-order valence-electron chi connectivity index (χ3n) is 5.37. The quantitative estimate of drug-likeness (QED) is 0.376. The van der Waals surface area contributed by atoms with E-state index in [1.165, 1.54) is 26.9 Å². The Morgan fingerprint density at radius 2 is 1.85 bits per heavy atom. The number of aryl methyl sites for hydroxylation is 2. The van der Waals surface area contributed by atoms with Crippen molar-refractivity contribution in [3.63, 3.8) is 0 Å². The van der Waals surface area contributed by atoms with Gasteiger partial charge in [0.15, 0.2) is 0 Å². The van der Waals surface area contributed by atoms with Crippen molar-refractivity contribution in [1.29, 1.82) is 0 Å². The molecule has 0 aliphatic carbocycles. The number of furan rings is 1. The Bertz CT molecular complexity index is 1550. The maximum absolute atomic E-state index is 12.8. The highest BCUT2D eigenvalue weighted by Gasteiger charge is 2.14. The van der Waals surface area contributed by atoms with Crippen LogP contribution in [0.3, 0.4) is 0 Å². The summed E-state index contributed by atoms with van der Waals surface area (Å²) in [6.45, 7) is 4.02. The highest BCUT2D eigenvalue weighted by atomic mass is 32.2. The van der Waals surface area contributed by atoms with Gasteiger partial charge in [0, 0.05) is 20.9 Å². The average Bonchev–Trinajstić information content (AvgIpc) is 3.19. The van der Waals surface area contributed by atoms with Crippen LogP contribution in [0.4, 0.5) is 5.69 Å². The number of hydrogen-bond donors (Lipinski definition) is 1. The summed E-state index contributed by atoms with van der Waals surface area (Å²) in [6, 6.07) is 21.4. The minimum absolute atomic E-state index is 0.152. The summed E-state index contributed by atoms with van der Waals surface area (Å²) < 4.78 is 6.93. The maximum Gasteiger partial charge on any atom is 0.297 e. The van der Waals surface area contributed by atoms with Gasteiger partial charge in [0.1, 0.15) is 17.6 Å². The molecule has 5 rings (SSSR count). The van der Waals surface area contributed by atoms with Gasteiger partial charge in [0.05, 0.1) is 6.33 Å². The second kappa shape index (κ2) is 8.60. The number of nitrogens with one attached hydrogen (secondary N) is 1. The van der Waals surface area contributed by atoms with Gasteiger partial charge in [-0.2, -0.15) is 0 Å². The molecular formula is C26H21N3O3S. The molecule has 5 aromatic rings. The van der Waals surface area contributed by atoms with Crippen molar-refractivity contribution < 1.29 is 9.21 Å². The summed E-state index contributed by atoms with van der Waals surface area (Å²) in [6.07, 6.45) is 1.39. The molecule has 7 heteroatoms. The fourth-order valence-electron chi connectivity index (χ4n) is 3.63. The summed E-state index contributed by atoms with van der Waals surface area (Å²) in [7, 11) is 0. The van der Waals surface area contributed by atoms with Gasteiger partial charge in [0.2, 0.25) is 11.5 Å². The van der Waals surface area contributed by atoms with Gasteiger partial charge < -0.3 is 9.73 Å². The minimum atomic E-state index is -0.383. The summed E-state index contributed by atoms with van der Waals surface area (Å²) in [5, 5.41) is 3.62. The first-order valence-corrected chi connectivity index (χ1v) is 11.3. The Morgan fingerprint density at radius 3 is 2.67 bits per heavy atom. The number of fused-ring (bicyclic) bond motifs is 3. The van der Waals surface area contributed by atoms with E-state index >= 15 is 0 Å². The predicted octanol–water partition coefficient (Wildman–Crippen LogP) is 5.55. The first-order valence-electron chi connectivity index (χ1n) is 10.5. The van der Waals surface area contributed by atoms with Gasteiger partial charge in [-0.1, -0.05) is 36.0 Å². The van der Waals surface area contributed by atoms with Crippen molar-refractivity contribution in [2.45, 2.75) is 30.2 Å². The van der Waals surface area contributed by atoms with Crippen LogP contribution in [-0.2, 0) is 11.3 Å². The van der Waals surface area contributed by atoms with Gasteiger partial charge in [-0.3, -0.25) is 14.2 Å². The van der Waals surface area contributed by atoms with Crippen molar-refractivity contribution in [3.05, 3.63) is 94.5 Å². The monoisotopic (exact) mass is 455 g/mol. The Morgan fingerprint density at radius 1 is 1.06 bits per heavy atom. The number of benzene rings is 3. The highest BCUT2D eigenvalue weighted by molar-refractivity contribution is 7.99. The molecule has 1 amide bonds. The van der Waals surface area contributed by atoms with Crippen LogP contribution in [0.15, 0.2) is 92.1 Å². The average molecular weight is 456 g/mol. The fourth-order valence-corrected chi connectivity index (χ4v) is 4.63. The summed E-state index contributed by atoms with van der Waals surface area (Å²) in [5.41, 5.74) is 3.98. The number of amides is 1. The van der Waals surface area contributed by atoms with E-state index in [0.717, 1.165) is 10.3 Å². The zero-order valence-corrected chi connectivity index (χ0v) is 19.0. The topological polar surface area (TPSA) is 77.1 Å². The number of carbonyl (C=O) groups excluding carboxylic acids is 1. The Kier molecular flexibility index (Phi) is 5.48. The van der Waals surface area contributed by atoms with Crippen molar-refractivity contribution in [2.24, 2.45) is 0 Å². The third-order valence-corrected chi connectivity index (χ3v) is 6.54. The van der Waals surface area contributed by atoms with Crippen molar-refractivity contribution in [3.8, 4) is 0 Å². The predicted molar refractivity (Wildman–Crippen MR) is 131 cm³/mol. The van der Waals surface area contributed by atoms with Crippen molar-refractivity contribution in [2.75, 3.05) is 5.32 Å². The lowest BCUT2D eigenvalue weighted by molar-refractivity contribution is -0.116. The van der Waals surface area contributed by atoms with Crippen LogP contribution in [-0.4, -0.2) is 15.5 Å². The third kappa shape index (κ3) is 4.27. The number of carbonyl (C=O) groups is 1. The van der Waals surface area contributed by atoms with E-state index < -0.39 is 0 Å². The van der Waals surface area contributed by atoms with Gasteiger partial charge in [-0.25, -0.2) is 4.98 Å². The molecule has 0 aliphatic rings. The second-order valence-corrected chi connectivity index (χ2v) is 9.01. The lowest BCUT2D eigenvalue weighted by atomic mass is 10.2. The molecule has 0 aliphatic heterocycles. The van der Waals surface area contributed by atoms with Crippen molar-refractivity contribution >= 4 is 45.4 Å². The number of para-hydroxylation sites is 1. The van der Waals surface area contributed by atoms with Crippen LogP contribution < -0.4 is 10.9 Å². The fraction of sp³-hybridized carbons (Fsp3) is 0.115. The molecule has 2 heterocycles. The highest BCUT2D eigenvalue weighted by Crippen LogP contribution is 2.31. The summed E-state index contributed by atoms with van der Waals surface area (Å²) in [4.78, 5) is 32.0. The molecule has 0 saturated carbocycles. The van der Waals surface area contributed by atoms with E-state index in [2.05, 4.69) is 42.3 Å². The molecule has 0 atom stereocenters. The number of rotatable bonds is 5. The Balaban J connectivity index is 1.29. The molecular weight excluding hydrogens is 434 g/mol. The zero-order chi connectivity index (χ0) is 22.9. The number of hydrogen-bond acceptors (Lipinski definition) is 5. The smallest absolute Gasteiger partial charge is 0.297 e. The standard InChI is InChI=1S/C26H21N3O3S/c1-16-7-8-17(2)22(13-16)33-19-11-9-18(10-12-19)28-23(30)14-29-15-27-24-20-5-3-4-6-21(20)32-25(24)26(29)31/h3-13,15H,14H2,1-2H3,(H,28,30). The molecule has 3 aromatic carbocycles. The van der Waals surface area contributed by atoms with E-state index in [9.17, 15) is 9.59 Å². The Labute approximate surface area is 194 Å². The van der Waals surface area contributed by atoms with E-state index in [4.69, 9.17) is 4.42 Å². The number of anilines is 1. The maximum atomic E-state index is 12.8. The van der Waals surface area contributed by atoms with Crippen LogP contribution >= 0.6 is 11.8 Å². The molecule has 0 fully saturated rings. The van der Waals surface area contributed by atoms with E-state index in [1.807, 2.05) is 42.5 Å². The van der Waals surface area contributed by atoms with Crippen LogP contribution in [0.1, 0.15) is 11.1 Å². The molecule has 0 saturated heterocycles. The van der Waals surface area contributed by atoms with Gasteiger partial charge in [-0.15, -0.1) is 0 Å². The van der Waals surface area contributed by atoms with Gasteiger partial charge in [0.25, 0.3) is 5.56 Å². The van der Waals surface area contributed by atoms with Crippen LogP contribution in [0, 0.1) is 13.8 Å². The number of nitrogens with zero attached hydrogens (tertiary/aromatic N) is 2. The van der Waals surface area contributed by atoms with Crippen molar-refractivity contribution in [1.82, 2.24) is 9.55 Å². The molecule has 0 spiro atoms. The normalized spacial score (nSPS) is 11.2. The molecule has 0 radical (unpaired) electrons.